The molecule has 1 aliphatic rings. The molecule has 1 saturated carbocycles. The lowest BCUT2D eigenvalue weighted by Crippen LogP contribution is -2.35. The van der Waals surface area contributed by atoms with Crippen LogP contribution in [-0.2, 0) is 16.6 Å². The predicted molar refractivity (Wildman–Crippen MR) is 75.7 cm³/mol. The Bertz CT molecular complexity index is 509. The van der Waals surface area contributed by atoms with Crippen molar-refractivity contribution in [3.05, 3.63) is 16.3 Å². The Hall–Kier alpha value is -0.470. The first-order valence-electron chi connectivity index (χ1n) is 6.49. The van der Waals surface area contributed by atoms with Crippen LogP contribution >= 0.6 is 11.3 Å². The predicted octanol–water partition coefficient (Wildman–Crippen LogP) is 1.00. The molecule has 1 aromatic rings. The highest BCUT2D eigenvalue weighted by Gasteiger charge is 2.27. The molecule has 19 heavy (non-hydrogen) atoms. The lowest BCUT2D eigenvalue weighted by atomic mass is 10.4. The summed E-state index contributed by atoms with van der Waals surface area (Å²) in [5.41, 5.74) is 0. The largest absolute Gasteiger partial charge is 0.391 e. The van der Waals surface area contributed by atoms with Gasteiger partial charge in [-0.3, -0.25) is 4.90 Å². The molecule has 0 atom stereocenters. The maximum Gasteiger partial charge on any atom is 0.241 e. The van der Waals surface area contributed by atoms with E-state index in [1.807, 2.05) is 0 Å². The third-order valence-corrected chi connectivity index (χ3v) is 5.77. The summed E-state index contributed by atoms with van der Waals surface area (Å²) in [6.45, 7) is 4.11. The molecule has 0 radical (unpaired) electrons. The van der Waals surface area contributed by atoms with Crippen molar-refractivity contribution in [2.75, 3.05) is 19.6 Å². The number of nitrogens with zero attached hydrogens (tertiary/aromatic N) is 1. The van der Waals surface area contributed by atoms with E-state index in [1.54, 1.807) is 5.38 Å². The summed E-state index contributed by atoms with van der Waals surface area (Å²) in [6, 6.07) is 2.17. The zero-order valence-electron chi connectivity index (χ0n) is 11.0. The van der Waals surface area contributed by atoms with Crippen LogP contribution < -0.4 is 4.72 Å². The van der Waals surface area contributed by atoms with Gasteiger partial charge < -0.3 is 5.11 Å². The van der Waals surface area contributed by atoms with Gasteiger partial charge in [-0.15, -0.1) is 11.3 Å². The van der Waals surface area contributed by atoms with Crippen LogP contribution in [0, 0.1) is 0 Å². The topological polar surface area (TPSA) is 69.6 Å². The molecule has 0 aliphatic heterocycles. The molecule has 0 aromatic carbocycles. The van der Waals surface area contributed by atoms with Crippen LogP contribution in [0.4, 0.5) is 0 Å². The fourth-order valence-electron chi connectivity index (χ4n) is 2.03. The monoisotopic (exact) mass is 304 g/mol. The lowest BCUT2D eigenvalue weighted by molar-refractivity contribution is 0.282. The summed E-state index contributed by atoms with van der Waals surface area (Å²) in [7, 11) is -3.44. The molecule has 0 spiro atoms. The van der Waals surface area contributed by atoms with Gasteiger partial charge in [0.25, 0.3) is 0 Å². The number of hydrogen-bond donors (Lipinski definition) is 2. The van der Waals surface area contributed by atoms with Crippen LogP contribution in [0.3, 0.4) is 0 Å². The second-order valence-corrected chi connectivity index (χ2v) is 7.43. The lowest BCUT2D eigenvalue weighted by Gasteiger charge is -2.19. The smallest absolute Gasteiger partial charge is 0.241 e. The van der Waals surface area contributed by atoms with Crippen LogP contribution in [0.25, 0.3) is 0 Å². The van der Waals surface area contributed by atoms with E-state index >= 15 is 0 Å². The summed E-state index contributed by atoms with van der Waals surface area (Å²) in [6.07, 6.45) is 2.45. The van der Waals surface area contributed by atoms with E-state index < -0.39 is 10.0 Å². The Kier molecular flexibility index (Phi) is 4.97. The normalized spacial score (nSPS) is 16.2. The van der Waals surface area contributed by atoms with Crippen LogP contribution in [0.5, 0.6) is 0 Å². The molecule has 5 nitrogen and oxygen atoms in total. The van der Waals surface area contributed by atoms with E-state index in [0.29, 0.717) is 17.5 Å². The van der Waals surface area contributed by atoms with Gasteiger partial charge in [-0.2, -0.15) is 0 Å². The maximum absolute atomic E-state index is 12.0. The molecule has 1 fully saturated rings. The average Bonchev–Trinajstić information content (AvgIpc) is 3.10. The van der Waals surface area contributed by atoms with Gasteiger partial charge in [0.1, 0.15) is 0 Å². The summed E-state index contributed by atoms with van der Waals surface area (Å²) >= 11 is 1.26. The highest BCUT2D eigenvalue weighted by Crippen LogP contribution is 2.26. The summed E-state index contributed by atoms with van der Waals surface area (Å²) in [5, 5.41) is 10.5. The van der Waals surface area contributed by atoms with Crippen LogP contribution in [-0.4, -0.2) is 44.1 Å². The Morgan fingerprint density at radius 3 is 2.79 bits per heavy atom. The minimum atomic E-state index is -3.44. The SMILES string of the molecule is CCN(CCNS(=O)(=O)c1csc(CO)c1)C1CC1. The van der Waals surface area contributed by atoms with Crippen molar-refractivity contribution in [1.29, 1.82) is 0 Å². The van der Waals surface area contributed by atoms with Crippen molar-refractivity contribution in [2.45, 2.75) is 37.3 Å². The highest BCUT2D eigenvalue weighted by molar-refractivity contribution is 7.89. The maximum atomic E-state index is 12.0. The van der Waals surface area contributed by atoms with Crippen molar-refractivity contribution < 1.29 is 13.5 Å². The minimum Gasteiger partial charge on any atom is -0.391 e. The third kappa shape index (κ3) is 4.00. The number of rotatable bonds is 8. The van der Waals surface area contributed by atoms with Crippen molar-refractivity contribution in [3.63, 3.8) is 0 Å². The molecule has 0 amide bonds. The number of aliphatic hydroxyl groups excluding tert-OH is 1. The van der Waals surface area contributed by atoms with Gasteiger partial charge in [0.05, 0.1) is 11.5 Å². The molecule has 2 N–H and O–H groups in total. The highest BCUT2D eigenvalue weighted by atomic mass is 32.2. The Labute approximate surface area is 118 Å². The van der Waals surface area contributed by atoms with E-state index in [2.05, 4.69) is 16.5 Å². The average molecular weight is 304 g/mol. The van der Waals surface area contributed by atoms with Crippen molar-refractivity contribution >= 4 is 21.4 Å². The molecule has 7 heteroatoms. The molecule has 1 aliphatic carbocycles. The van der Waals surface area contributed by atoms with Crippen molar-refractivity contribution in [1.82, 2.24) is 9.62 Å². The number of thiophene rings is 1. The number of nitrogens with one attached hydrogen (secondary N) is 1. The molecule has 1 heterocycles. The van der Waals surface area contributed by atoms with Gasteiger partial charge in [0.2, 0.25) is 10.0 Å². The van der Waals surface area contributed by atoms with Gasteiger partial charge in [0, 0.05) is 29.4 Å². The molecular formula is C12H20N2O3S2. The second kappa shape index (κ2) is 6.32. The number of likely N-dealkylation sites (N-methyl/N-ethyl adjacent to an activating group) is 1. The number of sulfonamides is 1. The summed E-state index contributed by atoms with van der Waals surface area (Å²) < 4.78 is 26.6. The van der Waals surface area contributed by atoms with Crippen molar-refractivity contribution in [3.8, 4) is 0 Å². The number of aliphatic hydroxyl groups is 1. The molecule has 0 bridgehead atoms. The third-order valence-electron chi connectivity index (χ3n) is 3.26. The van der Waals surface area contributed by atoms with Gasteiger partial charge in [-0.1, -0.05) is 6.92 Å². The van der Waals surface area contributed by atoms with Gasteiger partial charge in [-0.05, 0) is 25.5 Å². The van der Waals surface area contributed by atoms with Gasteiger partial charge >= 0.3 is 0 Å². The minimum absolute atomic E-state index is 0.120. The molecule has 0 unspecified atom stereocenters. The first-order valence-corrected chi connectivity index (χ1v) is 8.85. The van der Waals surface area contributed by atoms with E-state index in [-0.39, 0.29) is 11.5 Å². The second-order valence-electron chi connectivity index (χ2n) is 4.66. The van der Waals surface area contributed by atoms with Crippen LogP contribution in [0.15, 0.2) is 16.3 Å². The van der Waals surface area contributed by atoms with Crippen LogP contribution in [0.1, 0.15) is 24.6 Å². The summed E-state index contributed by atoms with van der Waals surface area (Å²) in [5.74, 6) is 0. The summed E-state index contributed by atoms with van der Waals surface area (Å²) in [4.78, 5) is 3.21. The quantitative estimate of drug-likeness (QED) is 0.752. The number of hydrogen-bond acceptors (Lipinski definition) is 5. The van der Waals surface area contributed by atoms with E-state index in [9.17, 15) is 8.42 Å². The standard InChI is InChI=1S/C12H20N2O3S2/c1-2-14(10-3-4-10)6-5-13-19(16,17)12-7-11(8-15)18-9-12/h7,9-10,13,15H,2-6,8H2,1H3. The Morgan fingerprint density at radius 1 is 1.53 bits per heavy atom. The van der Waals surface area contributed by atoms with Crippen molar-refractivity contribution in [2.24, 2.45) is 0 Å². The molecule has 108 valence electrons. The van der Waals surface area contributed by atoms with Gasteiger partial charge in [-0.25, -0.2) is 13.1 Å². The molecule has 0 saturated heterocycles. The first kappa shape index (κ1) is 14.9. The van der Waals surface area contributed by atoms with Crippen LogP contribution in [0.2, 0.25) is 0 Å². The van der Waals surface area contributed by atoms with E-state index in [4.69, 9.17) is 5.11 Å². The zero-order valence-corrected chi connectivity index (χ0v) is 12.6. The first-order chi connectivity index (χ1) is 9.06. The Balaban J connectivity index is 1.86. The molecule has 2 rings (SSSR count). The zero-order chi connectivity index (χ0) is 13.9. The molecular weight excluding hydrogens is 284 g/mol. The van der Waals surface area contributed by atoms with E-state index in [1.165, 1.54) is 30.2 Å². The Morgan fingerprint density at radius 2 is 2.26 bits per heavy atom. The van der Waals surface area contributed by atoms with E-state index in [0.717, 1.165) is 13.1 Å². The fourth-order valence-corrected chi connectivity index (χ4v) is 4.18. The fraction of sp³-hybridized carbons (Fsp3) is 0.667. The van der Waals surface area contributed by atoms with Gasteiger partial charge in [0.15, 0.2) is 0 Å². The molecule has 1 aromatic heterocycles.